The maximum absolute atomic E-state index is 9.90. The van der Waals surface area contributed by atoms with E-state index in [1.807, 2.05) is 12.4 Å². The van der Waals surface area contributed by atoms with Gasteiger partial charge in [0.05, 0.1) is 30.2 Å². The number of aliphatic hydroxyl groups excluding tert-OH is 1. The molecule has 0 amide bonds. The summed E-state index contributed by atoms with van der Waals surface area (Å²) in [6.07, 6.45) is 10.0. The monoisotopic (exact) mass is 400 g/mol. The Hall–Kier alpha value is -1.99. The molecule has 2 N–H and O–H groups in total. The Labute approximate surface area is 172 Å². The van der Waals surface area contributed by atoms with E-state index in [2.05, 4.69) is 29.1 Å². The number of rotatable bonds is 6. The van der Waals surface area contributed by atoms with Crippen LogP contribution < -0.4 is 10.1 Å². The number of fused-ring (bicyclic) bond motifs is 1. The lowest BCUT2D eigenvalue weighted by Gasteiger charge is -2.27. The summed E-state index contributed by atoms with van der Waals surface area (Å²) >= 11 is 0. The summed E-state index contributed by atoms with van der Waals surface area (Å²) in [7, 11) is 0. The summed E-state index contributed by atoms with van der Waals surface area (Å²) in [6, 6.07) is 0.306. The number of hydrogen-bond donors (Lipinski definition) is 2. The molecule has 7 nitrogen and oxygen atoms in total. The van der Waals surface area contributed by atoms with E-state index in [0.717, 1.165) is 74.6 Å². The first-order chi connectivity index (χ1) is 14.1. The molecule has 0 spiro atoms. The number of aromatic nitrogens is 3. The summed E-state index contributed by atoms with van der Waals surface area (Å²) in [6.45, 7) is 5.72. The van der Waals surface area contributed by atoms with Crippen LogP contribution in [-0.2, 0) is 4.74 Å². The van der Waals surface area contributed by atoms with Gasteiger partial charge in [-0.1, -0.05) is 6.92 Å². The second-order valence-electron chi connectivity index (χ2n) is 8.36. The Balaban J connectivity index is 1.69. The van der Waals surface area contributed by atoms with Crippen LogP contribution in [0, 0.1) is 0 Å². The number of nitrogens with zero attached hydrogens (tertiary/aromatic N) is 3. The lowest BCUT2D eigenvalue weighted by atomic mass is 9.83. The van der Waals surface area contributed by atoms with E-state index in [1.54, 1.807) is 0 Å². The molecular weight excluding hydrogens is 368 g/mol. The molecule has 0 aromatic carbocycles. The van der Waals surface area contributed by atoms with E-state index in [1.165, 1.54) is 0 Å². The van der Waals surface area contributed by atoms with Crippen molar-refractivity contribution in [3.8, 4) is 5.88 Å². The molecule has 2 aromatic heterocycles. The van der Waals surface area contributed by atoms with Crippen molar-refractivity contribution in [2.45, 2.75) is 83.0 Å². The highest BCUT2D eigenvalue weighted by Crippen LogP contribution is 2.38. The van der Waals surface area contributed by atoms with E-state index >= 15 is 0 Å². The standard InChI is InChI=1S/C22H32N4O3/c1-3-14(2)25-22-24-13-19-20(26-22)18(15-4-6-16(27)7-5-15)12-23-21(19)29-17-8-10-28-11-9-17/h12-17,27H,3-11H2,1-2H3,(H,24,25,26)/t14-,15?,16?/m0/s1. The second kappa shape index (κ2) is 9.22. The fraction of sp³-hybridized carbons (Fsp3) is 0.682. The first-order valence-corrected chi connectivity index (χ1v) is 11.0. The normalized spacial score (nSPS) is 24.4. The minimum Gasteiger partial charge on any atom is -0.474 e. The third kappa shape index (κ3) is 4.78. The molecule has 1 aliphatic carbocycles. The summed E-state index contributed by atoms with van der Waals surface area (Å²) in [5.74, 6) is 1.62. The molecule has 2 fully saturated rings. The third-order valence-electron chi connectivity index (χ3n) is 6.18. The molecule has 0 radical (unpaired) electrons. The topological polar surface area (TPSA) is 89.4 Å². The SMILES string of the molecule is CC[C@H](C)Nc1ncc2c(OC3CCOCC3)ncc(C3CCC(O)CC3)c2n1. The van der Waals surface area contributed by atoms with Crippen LogP contribution in [0.5, 0.6) is 5.88 Å². The minimum absolute atomic E-state index is 0.119. The number of pyridine rings is 1. The summed E-state index contributed by atoms with van der Waals surface area (Å²) in [5, 5.41) is 14.2. The molecule has 7 heteroatoms. The molecule has 158 valence electrons. The van der Waals surface area contributed by atoms with Gasteiger partial charge >= 0.3 is 0 Å². The van der Waals surface area contributed by atoms with Gasteiger partial charge in [-0.25, -0.2) is 15.0 Å². The van der Waals surface area contributed by atoms with Gasteiger partial charge in [0.25, 0.3) is 0 Å². The minimum atomic E-state index is -0.182. The molecule has 4 rings (SSSR count). The largest absolute Gasteiger partial charge is 0.474 e. The van der Waals surface area contributed by atoms with Gasteiger partial charge in [0, 0.05) is 36.8 Å². The Bertz CT molecular complexity index is 817. The number of aliphatic hydroxyl groups is 1. The van der Waals surface area contributed by atoms with Gasteiger partial charge in [-0.2, -0.15) is 0 Å². The molecular formula is C22H32N4O3. The molecule has 1 aliphatic heterocycles. The van der Waals surface area contributed by atoms with Gasteiger partial charge < -0.3 is 19.9 Å². The van der Waals surface area contributed by atoms with Crippen LogP contribution in [0.1, 0.15) is 70.3 Å². The van der Waals surface area contributed by atoms with Crippen molar-refractivity contribution < 1.29 is 14.6 Å². The van der Waals surface area contributed by atoms with E-state index in [4.69, 9.17) is 14.5 Å². The van der Waals surface area contributed by atoms with Gasteiger partial charge in [-0.3, -0.25) is 0 Å². The van der Waals surface area contributed by atoms with Crippen molar-refractivity contribution >= 4 is 16.9 Å². The van der Waals surface area contributed by atoms with Gasteiger partial charge in [0.2, 0.25) is 11.8 Å². The molecule has 2 aliphatic rings. The average Bonchev–Trinajstić information content (AvgIpc) is 2.75. The van der Waals surface area contributed by atoms with Crippen LogP contribution in [0.3, 0.4) is 0 Å². The third-order valence-corrected chi connectivity index (χ3v) is 6.18. The first-order valence-electron chi connectivity index (χ1n) is 11.0. The summed E-state index contributed by atoms with van der Waals surface area (Å²) in [5.41, 5.74) is 2.06. The molecule has 3 heterocycles. The maximum atomic E-state index is 9.90. The summed E-state index contributed by atoms with van der Waals surface area (Å²) < 4.78 is 11.7. The fourth-order valence-corrected chi connectivity index (χ4v) is 4.14. The van der Waals surface area contributed by atoms with Crippen LogP contribution in [-0.4, -0.2) is 51.5 Å². The van der Waals surface area contributed by atoms with Crippen LogP contribution in [0.15, 0.2) is 12.4 Å². The zero-order chi connectivity index (χ0) is 20.2. The molecule has 1 saturated heterocycles. The Morgan fingerprint density at radius 2 is 1.90 bits per heavy atom. The molecule has 1 saturated carbocycles. The van der Waals surface area contributed by atoms with Crippen LogP contribution >= 0.6 is 0 Å². The quantitative estimate of drug-likeness (QED) is 0.762. The van der Waals surface area contributed by atoms with Gasteiger partial charge in [-0.05, 0) is 44.9 Å². The van der Waals surface area contributed by atoms with Crippen LogP contribution in [0.2, 0.25) is 0 Å². The Morgan fingerprint density at radius 1 is 1.14 bits per heavy atom. The highest BCUT2D eigenvalue weighted by Gasteiger charge is 2.25. The molecule has 0 unspecified atom stereocenters. The Kier molecular flexibility index (Phi) is 6.45. The molecule has 2 aromatic rings. The predicted octanol–water partition coefficient (Wildman–Crippen LogP) is 3.81. The first kappa shape index (κ1) is 20.3. The number of nitrogens with one attached hydrogen (secondary N) is 1. The highest BCUT2D eigenvalue weighted by atomic mass is 16.5. The van der Waals surface area contributed by atoms with E-state index in [9.17, 15) is 5.11 Å². The van der Waals surface area contributed by atoms with Crippen molar-refractivity contribution in [1.29, 1.82) is 0 Å². The zero-order valence-electron chi connectivity index (χ0n) is 17.4. The number of ether oxygens (including phenoxy) is 2. The molecule has 0 bridgehead atoms. The highest BCUT2D eigenvalue weighted by molar-refractivity contribution is 5.86. The van der Waals surface area contributed by atoms with Crippen molar-refractivity contribution in [2.75, 3.05) is 18.5 Å². The molecule has 29 heavy (non-hydrogen) atoms. The van der Waals surface area contributed by atoms with E-state index in [-0.39, 0.29) is 12.2 Å². The van der Waals surface area contributed by atoms with Crippen molar-refractivity contribution in [3.05, 3.63) is 18.0 Å². The van der Waals surface area contributed by atoms with Gasteiger partial charge in [0.1, 0.15) is 6.10 Å². The van der Waals surface area contributed by atoms with Gasteiger partial charge in [0.15, 0.2) is 0 Å². The zero-order valence-corrected chi connectivity index (χ0v) is 17.4. The number of anilines is 1. The summed E-state index contributed by atoms with van der Waals surface area (Å²) in [4.78, 5) is 14.1. The number of hydrogen-bond acceptors (Lipinski definition) is 7. The molecule has 1 atom stereocenters. The lowest BCUT2D eigenvalue weighted by Crippen LogP contribution is -2.26. The van der Waals surface area contributed by atoms with Crippen molar-refractivity contribution in [3.63, 3.8) is 0 Å². The maximum Gasteiger partial charge on any atom is 0.224 e. The smallest absolute Gasteiger partial charge is 0.224 e. The van der Waals surface area contributed by atoms with Crippen LogP contribution in [0.25, 0.3) is 10.9 Å². The van der Waals surface area contributed by atoms with E-state index < -0.39 is 0 Å². The fourth-order valence-electron chi connectivity index (χ4n) is 4.14. The van der Waals surface area contributed by atoms with E-state index in [0.29, 0.717) is 23.8 Å². The average molecular weight is 401 g/mol. The lowest BCUT2D eigenvalue weighted by molar-refractivity contribution is 0.0244. The van der Waals surface area contributed by atoms with Crippen LogP contribution in [0.4, 0.5) is 5.95 Å². The van der Waals surface area contributed by atoms with Gasteiger partial charge in [-0.15, -0.1) is 0 Å². The van der Waals surface area contributed by atoms with Crippen molar-refractivity contribution in [2.24, 2.45) is 0 Å². The Morgan fingerprint density at radius 3 is 2.62 bits per heavy atom. The van der Waals surface area contributed by atoms with Crippen molar-refractivity contribution in [1.82, 2.24) is 15.0 Å². The second-order valence-corrected chi connectivity index (χ2v) is 8.36. The predicted molar refractivity (Wildman–Crippen MR) is 112 cm³/mol.